The number of aliphatic hydroxyl groups is 1. The first kappa shape index (κ1) is 9.44. The van der Waals surface area contributed by atoms with E-state index in [1.165, 1.54) is 6.42 Å². The Labute approximate surface area is 79.0 Å². The fraction of sp³-hybridized carbons (Fsp3) is 1.00. The first-order valence-electron chi connectivity index (χ1n) is 5.23. The minimum Gasteiger partial charge on any atom is -0.393 e. The predicted molar refractivity (Wildman–Crippen MR) is 48.5 cm³/mol. The highest BCUT2D eigenvalue weighted by Gasteiger charge is 2.29. The van der Waals surface area contributed by atoms with E-state index in [1.807, 2.05) is 0 Å². The van der Waals surface area contributed by atoms with Crippen LogP contribution in [0.5, 0.6) is 0 Å². The van der Waals surface area contributed by atoms with E-state index in [-0.39, 0.29) is 12.2 Å². The molecule has 2 aliphatic rings. The van der Waals surface area contributed by atoms with Crippen molar-refractivity contribution in [2.45, 2.75) is 37.9 Å². The molecule has 0 radical (unpaired) electrons. The number of hydrogen-bond acceptors (Lipinski definition) is 3. The van der Waals surface area contributed by atoms with Crippen molar-refractivity contribution in [3.63, 3.8) is 0 Å². The normalized spacial score (nSPS) is 41.8. The topological polar surface area (TPSA) is 38.7 Å². The third-order valence-corrected chi connectivity index (χ3v) is 3.01. The maximum atomic E-state index is 9.49. The Balaban J connectivity index is 1.83. The largest absolute Gasteiger partial charge is 0.393 e. The standard InChI is InChI=1S/C10H18O3/c11-9-3-5-13-10(6-9)8-2-1-4-12-7-8/h8-11H,1-7H2. The molecule has 2 rings (SSSR count). The fourth-order valence-corrected chi connectivity index (χ4v) is 2.20. The number of hydrogen-bond donors (Lipinski definition) is 1. The Hall–Kier alpha value is -0.120. The molecule has 76 valence electrons. The molecular formula is C10H18O3. The van der Waals surface area contributed by atoms with Crippen molar-refractivity contribution >= 4 is 0 Å². The average Bonchev–Trinajstić information content (AvgIpc) is 2.19. The van der Waals surface area contributed by atoms with Crippen LogP contribution in [0.3, 0.4) is 0 Å². The van der Waals surface area contributed by atoms with Crippen LogP contribution in [0.2, 0.25) is 0 Å². The molecule has 0 aliphatic carbocycles. The van der Waals surface area contributed by atoms with Gasteiger partial charge in [-0.2, -0.15) is 0 Å². The highest BCUT2D eigenvalue weighted by molar-refractivity contribution is 4.78. The van der Waals surface area contributed by atoms with Crippen LogP contribution < -0.4 is 0 Å². The van der Waals surface area contributed by atoms with E-state index in [9.17, 15) is 5.11 Å². The summed E-state index contributed by atoms with van der Waals surface area (Å²) in [6, 6.07) is 0. The molecule has 3 nitrogen and oxygen atoms in total. The second-order valence-electron chi connectivity index (χ2n) is 4.06. The molecule has 0 bridgehead atoms. The molecule has 1 N–H and O–H groups in total. The van der Waals surface area contributed by atoms with Crippen LogP contribution in [0.25, 0.3) is 0 Å². The van der Waals surface area contributed by atoms with Gasteiger partial charge in [-0.05, 0) is 25.7 Å². The number of rotatable bonds is 1. The third-order valence-electron chi connectivity index (χ3n) is 3.01. The molecule has 2 saturated heterocycles. The molecule has 3 unspecified atom stereocenters. The van der Waals surface area contributed by atoms with Crippen LogP contribution in [-0.4, -0.2) is 37.1 Å². The molecule has 3 heteroatoms. The van der Waals surface area contributed by atoms with Crippen LogP contribution in [0.1, 0.15) is 25.7 Å². The van der Waals surface area contributed by atoms with Gasteiger partial charge in [0.1, 0.15) is 0 Å². The number of ether oxygens (including phenoxy) is 2. The van der Waals surface area contributed by atoms with Crippen molar-refractivity contribution in [1.82, 2.24) is 0 Å². The summed E-state index contributed by atoms with van der Waals surface area (Å²) in [6.45, 7) is 2.42. The summed E-state index contributed by atoms with van der Waals surface area (Å²) in [5.74, 6) is 0.517. The zero-order chi connectivity index (χ0) is 9.10. The Morgan fingerprint density at radius 3 is 2.77 bits per heavy atom. The molecule has 0 aromatic rings. The molecule has 2 fully saturated rings. The first-order valence-corrected chi connectivity index (χ1v) is 5.23. The third kappa shape index (κ3) is 2.42. The Morgan fingerprint density at radius 1 is 1.15 bits per heavy atom. The van der Waals surface area contributed by atoms with Gasteiger partial charge in [-0.25, -0.2) is 0 Å². The SMILES string of the molecule is OC1CCOC(C2CCCOC2)C1. The van der Waals surface area contributed by atoms with Crippen molar-refractivity contribution in [2.24, 2.45) is 5.92 Å². The van der Waals surface area contributed by atoms with E-state index < -0.39 is 0 Å². The van der Waals surface area contributed by atoms with Crippen LogP contribution in [-0.2, 0) is 9.47 Å². The van der Waals surface area contributed by atoms with Gasteiger partial charge in [-0.15, -0.1) is 0 Å². The summed E-state index contributed by atoms with van der Waals surface area (Å²) in [5, 5.41) is 9.49. The van der Waals surface area contributed by atoms with Crippen molar-refractivity contribution < 1.29 is 14.6 Å². The van der Waals surface area contributed by atoms with Crippen molar-refractivity contribution in [1.29, 1.82) is 0 Å². The summed E-state index contributed by atoms with van der Waals surface area (Å²) < 4.78 is 11.1. The molecule has 0 aromatic heterocycles. The first-order chi connectivity index (χ1) is 6.36. The summed E-state index contributed by atoms with van der Waals surface area (Å²) in [5.41, 5.74) is 0. The van der Waals surface area contributed by atoms with Gasteiger partial charge in [0, 0.05) is 19.1 Å². The quantitative estimate of drug-likeness (QED) is 0.662. The zero-order valence-corrected chi connectivity index (χ0v) is 7.95. The van der Waals surface area contributed by atoms with Crippen LogP contribution in [0, 0.1) is 5.92 Å². The maximum absolute atomic E-state index is 9.49. The van der Waals surface area contributed by atoms with E-state index in [0.717, 1.165) is 32.5 Å². The van der Waals surface area contributed by atoms with E-state index in [0.29, 0.717) is 12.5 Å². The van der Waals surface area contributed by atoms with Gasteiger partial charge in [0.2, 0.25) is 0 Å². The lowest BCUT2D eigenvalue weighted by Gasteiger charge is -2.34. The second kappa shape index (κ2) is 4.40. The van der Waals surface area contributed by atoms with Gasteiger partial charge < -0.3 is 14.6 Å². The van der Waals surface area contributed by atoms with Crippen LogP contribution in [0.4, 0.5) is 0 Å². The molecule has 0 spiro atoms. The lowest BCUT2D eigenvalue weighted by molar-refractivity contribution is -0.0976. The smallest absolute Gasteiger partial charge is 0.0649 e. The monoisotopic (exact) mass is 186 g/mol. The molecule has 2 heterocycles. The van der Waals surface area contributed by atoms with Gasteiger partial charge in [0.15, 0.2) is 0 Å². The molecular weight excluding hydrogens is 168 g/mol. The zero-order valence-electron chi connectivity index (χ0n) is 7.95. The van der Waals surface area contributed by atoms with Crippen LogP contribution >= 0.6 is 0 Å². The van der Waals surface area contributed by atoms with E-state index in [4.69, 9.17) is 9.47 Å². The van der Waals surface area contributed by atoms with Crippen molar-refractivity contribution in [2.75, 3.05) is 19.8 Å². The Kier molecular flexibility index (Phi) is 3.19. The average molecular weight is 186 g/mol. The fourth-order valence-electron chi connectivity index (χ4n) is 2.20. The van der Waals surface area contributed by atoms with Gasteiger partial charge in [-0.3, -0.25) is 0 Å². The minimum absolute atomic E-state index is 0.152. The highest BCUT2D eigenvalue weighted by atomic mass is 16.5. The molecule has 2 aliphatic heterocycles. The van der Waals surface area contributed by atoms with Crippen LogP contribution in [0.15, 0.2) is 0 Å². The van der Waals surface area contributed by atoms with E-state index >= 15 is 0 Å². The molecule has 0 amide bonds. The number of aliphatic hydroxyl groups excluding tert-OH is 1. The predicted octanol–water partition coefficient (Wildman–Crippen LogP) is 0.953. The van der Waals surface area contributed by atoms with Gasteiger partial charge in [0.05, 0.1) is 18.8 Å². The van der Waals surface area contributed by atoms with Crippen molar-refractivity contribution in [3.8, 4) is 0 Å². The van der Waals surface area contributed by atoms with Gasteiger partial charge in [0.25, 0.3) is 0 Å². The molecule has 0 saturated carbocycles. The summed E-state index contributed by atoms with van der Waals surface area (Å²) in [7, 11) is 0. The summed E-state index contributed by atoms with van der Waals surface area (Å²) in [4.78, 5) is 0. The lowest BCUT2D eigenvalue weighted by Crippen LogP contribution is -2.38. The van der Waals surface area contributed by atoms with E-state index in [2.05, 4.69) is 0 Å². The maximum Gasteiger partial charge on any atom is 0.0649 e. The molecule has 13 heavy (non-hydrogen) atoms. The molecule has 3 atom stereocenters. The van der Waals surface area contributed by atoms with Gasteiger partial charge in [-0.1, -0.05) is 0 Å². The summed E-state index contributed by atoms with van der Waals surface area (Å²) in [6.07, 6.45) is 4.01. The highest BCUT2D eigenvalue weighted by Crippen LogP contribution is 2.26. The lowest BCUT2D eigenvalue weighted by atomic mass is 9.90. The molecule has 0 aromatic carbocycles. The second-order valence-corrected chi connectivity index (χ2v) is 4.06. The Morgan fingerprint density at radius 2 is 2.08 bits per heavy atom. The van der Waals surface area contributed by atoms with E-state index in [1.54, 1.807) is 0 Å². The Bertz CT molecular complexity index is 154. The summed E-state index contributed by atoms with van der Waals surface area (Å²) >= 11 is 0. The van der Waals surface area contributed by atoms with Crippen molar-refractivity contribution in [3.05, 3.63) is 0 Å². The van der Waals surface area contributed by atoms with Gasteiger partial charge >= 0.3 is 0 Å². The minimum atomic E-state index is -0.152.